The van der Waals surface area contributed by atoms with E-state index in [0.29, 0.717) is 17.1 Å². The molecular formula is C15H20N4O3S. The molecule has 1 aromatic rings. The Hall–Kier alpha value is -2.22. The number of carbonyl (C=O) groups is 1. The average Bonchev–Trinajstić information content (AvgIpc) is 2.55. The molecule has 1 aliphatic carbocycles. The average molecular weight is 336 g/mol. The maximum Gasteiger partial charge on any atom is 0.270 e. The normalized spacial score (nSPS) is 20.4. The summed E-state index contributed by atoms with van der Waals surface area (Å²) in [6, 6.07) is 5.83. The molecular weight excluding hydrogens is 316 g/mol. The number of nitrogens with one attached hydrogen (secondary N) is 3. The van der Waals surface area contributed by atoms with Crippen LogP contribution in [-0.4, -0.2) is 22.0 Å². The van der Waals surface area contributed by atoms with Crippen molar-refractivity contribution in [1.82, 2.24) is 16.2 Å². The molecule has 3 N–H and O–H groups in total. The van der Waals surface area contributed by atoms with E-state index in [1.165, 1.54) is 43.5 Å². The summed E-state index contributed by atoms with van der Waals surface area (Å²) >= 11 is 5.18. The zero-order chi connectivity index (χ0) is 16.8. The van der Waals surface area contributed by atoms with Gasteiger partial charge in [0.15, 0.2) is 5.11 Å². The van der Waals surface area contributed by atoms with Crippen molar-refractivity contribution in [3.05, 3.63) is 39.9 Å². The van der Waals surface area contributed by atoms with Gasteiger partial charge in [-0.1, -0.05) is 25.8 Å². The van der Waals surface area contributed by atoms with Gasteiger partial charge in [-0.05, 0) is 37.0 Å². The van der Waals surface area contributed by atoms with E-state index in [1.807, 2.05) is 0 Å². The van der Waals surface area contributed by atoms with Gasteiger partial charge in [0.1, 0.15) is 0 Å². The van der Waals surface area contributed by atoms with Gasteiger partial charge in [-0.2, -0.15) is 0 Å². The van der Waals surface area contributed by atoms with Gasteiger partial charge in [0.2, 0.25) is 0 Å². The summed E-state index contributed by atoms with van der Waals surface area (Å²) in [5, 5.41) is 14.3. The van der Waals surface area contributed by atoms with E-state index in [4.69, 9.17) is 12.2 Å². The van der Waals surface area contributed by atoms with E-state index in [2.05, 4.69) is 23.1 Å². The number of non-ortho nitro benzene ring substituents is 1. The summed E-state index contributed by atoms with van der Waals surface area (Å²) in [6.45, 7) is 2.18. The minimum absolute atomic E-state index is 0.130. The summed E-state index contributed by atoms with van der Waals surface area (Å²) < 4.78 is 0. The molecule has 0 spiro atoms. The Morgan fingerprint density at radius 3 is 2.74 bits per heavy atom. The maximum atomic E-state index is 12.0. The standard InChI is InChI=1S/C15H20N4O3S/c1-10-5-2-3-8-13(10)16-15(23)18-17-14(20)11-6-4-7-12(9-11)19(21)22/h4,6-7,9-10,13H,2-3,5,8H2,1H3,(H,17,20)(H2,16,18,23)/t10-,13-/m0/s1. The summed E-state index contributed by atoms with van der Waals surface area (Å²) in [7, 11) is 0. The Kier molecular flexibility index (Phi) is 5.86. The van der Waals surface area contributed by atoms with Gasteiger partial charge in [0, 0.05) is 23.7 Å². The van der Waals surface area contributed by atoms with E-state index in [0.717, 1.165) is 6.42 Å². The molecule has 124 valence electrons. The van der Waals surface area contributed by atoms with Crippen LogP contribution in [0.25, 0.3) is 0 Å². The number of benzene rings is 1. The van der Waals surface area contributed by atoms with E-state index >= 15 is 0 Å². The Morgan fingerprint density at radius 2 is 2.04 bits per heavy atom. The highest BCUT2D eigenvalue weighted by Gasteiger charge is 2.21. The molecule has 0 bridgehead atoms. The molecule has 1 amide bonds. The predicted molar refractivity (Wildman–Crippen MR) is 90.9 cm³/mol. The van der Waals surface area contributed by atoms with E-state index in [-0.39, 0.29) is 11.3 Å². The molecule has 0 heterocycles. The number of hydrogen-bond donors (Lipinski definition) is 3. The van der Waals surface area contributed by atoms with E-state index in [9.17, 15) is 14.9 Å². The number of rotatable bonds is 3. The van der Waals surface area contributed by atoms with Crippen LogP contribution in [0.2, 0.25) is 0 Å². The summed E-state index contributed by atoms with van der Waals surface area (Å²) in [5.74, 6) is 0.0607. The maximum absolute atomic E-state index is 12.0. The van der Waals surface area contributed by atoms with Crippen molar-refractivity contribution < 1.29 is 9.72 Å². The number of nitro groups is 1. The van der Waals surface area contributed by atoms with Crippen molar-refractivity contribution >= 4 is 28.9 Å². The monoisotopic (exact) mass is 336 g/mol. The molecule has 0 saturated heterocycles. The third kappa shape index (κ3) is 4.88. The van der Waals surface area contributed by atoms with Crippen LogP contribution in [0.4, 0.5) is 5.69 Å². The highest BCUT2D eigenvalue weighted by molar-refractivity contribution is 7.80. The number of hydrazine groups is 1. The van der Waals surface area contributed by atoms with Crippen molar-refractivity contribution in [3.8, 4) is 0 Å². The molecule has 1 aromatic carbocycles. The number of carbonyl (C=O) groups excluding carboxylic acids is 1. The molecule has 1 fully saturated rings. The molecule has 7 nitrogen and oxygen atoms in total. The second-order valence-electron chi connectivity index (χ2n) is 5.73. The molecule has 2 atom stereocenters. The minimum Gasteiger partial charge on any atom is -0.358 e. The second kappa shape index (κ2) is 7.87. The number of hydrogen-bond acceptors (Lipinski definition) is 4. The zero-order valence-electron chi connectivity index (χ0n) is 12.9. The van der Waals surface area contributed by atoms with Gasteiger partial charge >= 0.3 is 0 Å². The van der Waals surface area contributed by atoms with Crippen molar-refractivity contribution in [1.29, 1.82) is 0 Å². The van der Waals surface area contributed by atoms with Crippen molar-refractivity contribution in [2.24, 2.45) is 5.92 Å². The number of nitro benzene ring substituents is 1. The molecule has 23 heavy (non-hydrogen) atoms. The van der Waals surface area contributed by atoms with Gasteiger partial charge in [0.05, 0.1) is 4.92 Å². The SMILES string of the molecule is C[C@H]1CCCC[C@@H]1NC(=S)NNC(=O)c1cccc([N+](=O)[O-])c1. The van der Waals surface area contributed by atoms with Gasteiger partial charge in [-0.3, -0.25) is 25.8 Å². The molecule has 0 aromatic heterocycles. The molecule has 1 aliphatic rings. The first-order valence-corrected chi connectivity index (χ1v) is 7.99. The van der Waals surface area contributed by atoms with Gasteiger partial charge in [-0.25, -0.2) is 0 Å². The first-order valence-electron chi connectivity index (χ1n) is 7.58. The molecule has 0 radical (unpaired) electrons. The summed E-state index contributed by atoms with van der Waals surface area (Å²) in [4.78, 5) is 22.2. The van der Waals surface area contributed by atoms with Gasteiger partial charge in [-0.15, -0.1) is 0 Å². The molecule has 8 heteroatoms. The molecule has 2 rings (SSSR count). The van der Waals surface area contributed by atoms with Gasteiger partial charge in [0.25, 0.3) is 11.6 Å². The van der Waals surface area contributed by atoms with E-state index < -0.39 is 10.8 Å². The second-order valence-corrected chi connectivity index (χ2v) is 6.14. The highest BCUT2D eigenvalue weighted by atomic mass is 32.1. The van der Waals surface area contributed by atoms with Crippen LogP contribution in [0.15, 0.2) is 24.3 Å². The lowest BCUT2D eigenvalue weighted by molar-refractivity contribution is -0.384. The number of nitrogens with zero attached hydrogens (tertiary/aromatic N) is 1. The van der Waals surface area contributed by atoms with Crippen LogP contribution in [0.5, 0.6) is 0 Å². The Bertz CT molecular complexity index is 608. The Balaban J connectivity index is 1.85. The summed E-state index contributed by atoms with van der Waals surface area (Å²) in [5.41, 5.74) is 5.17. The Labute approximate surface area is 140 Å². The molecule has 1 saturated carbocycles. The smallest absolute Gasteiger partial charge is 0.270 e. The van der Waals surface area contributed by atoms with Crippen molar-refractivity contribution in [3.63, 3.8) is 0 Å². The van der Waals surface area contributed by atoms with Crippen molar-refractivity contribution in [2.45, 2.75) is 38.6 Å². The van der Waals surface area contributed by atoms with Crippen LogP contribution < -0.4 is 16.2 Å². The fourth-order valence-corrected chi connectivity index (χ4v) is 2.88. The summed E-state index contributed by atoms with van der Waals surface area (Å²) in [6.07, 6.45) is 4.63. The third-order valence-corrected chi connectivity index (χ3v) is 4.26. The lowest BCUT2D eigenvalue weighted by Gasteiger charge is -2.30. The Morgan fingerprint density at radius 1 is 1.30 bits per heavy atom. The van der Waals surface area contributed by atoms with Crippen LogP contribution in [0.3, 0.4) is 0 Å². The zero-order valence-corrected chi connectivity index (χ0v) is 13.7. The number of thiocarbonyl (C=S) groups is 1. The lowest BCUT2D eigenvalue weighted by Crippen LogP contribution is -2.51. The minimum atomic E-state index is -0.541. The fourth-order valence-electron chi connectivity index (χ4n) is 2.68. The molecule has 0 aliphatic heterocycles. The highest BCUT2D eigenvalue weighted by Crippen LogP contribution is 2.23. The lowest BCUT2D eigenvalue weighted by atomic mass is 9.86. The van der Waals surface area contributed by atoms with Crippen LogP contribution in [0, 0.1) is 16.0 Å². The first kappa shape index (κ1) is 17.1. The quantitative estimate of drug-likeness (QED) is 0.445. The van der Waals surface area contributed by atoms with Gasteiger partial charge < -0.3 is 5.32 Å². The van der Waals surface area contributed by atoms with Crippen LogP contribution in [-0.2, 0) is 0 Å². The van der Waals surface area contributed by atoms with Crippen LogP contribution >= 0.6 is 12.2 Å². The fraction of sp³-hybridized carbons (Fsp3) is 0.467. The largest absolute Gasteiger partial charge is 0.358 e. The first-order chi connectivity index (χ1) is 11.0. The van der Waals surface area contributed by atoms with E-state index in [1.54, 1.807) is 0 Å². The number of amides is 1. The van der Waals surface area contributed by atoms with Crippen LogP contribution in [0.1, 0.15) is 43.0 Å². The predicted octanol–water partition coefficient (Wildman–Crippen LogP) is 2.28. The van der Waals surface area contributed by atoms with Crippen molar-refractivity contribution in [2.75, 3.05) is 0 Å². The topological polar surface area (TPSA) is 96.3 Å². The third-order valence-electron chi connectivity index (χ3n) is 4.04. The molecule has 0 unspecified atom stereocenters.